The number of benzene rings is 2. The van der Waals surface area contributed by atoms with Gasteiger partial charge in [-0.05, 0) is 12.1 Å². The second kappa shape index (κ2) is 6.46. The summed E-state index contributed by atoms with van der Waals surface area (Å²) in [4.78, 5) is 25.0. The van der Waals surface area contributed by atoms with Gasteiger partial charge in [0.2, 0.25) is 17.8 Å². The molecule has 0 amide bonds. The molecule has 0 radical (unpaired) electrons. The molecule has 5 rings (SSSR count). The molecule has 4 atom stereocenters. The van der Waals surface area contributed by atoms with Crippen molar-refractivity contribution in [3.8, 4) is 23.0 Å². The Morgan fingerprint density at radius 1 is 0.839 bits per heavy atom. The third-order valence-electron chi connectivity index (χ3n) is 5.23. The highest BCUT2D eigenvalue weighted by molar-refractivity contribution is 6.22. The van der Waals surface area contributed by atoms with Crippen LogP contribution in [0.3, 0.4) is 0 Å². The number of phenols is 3. The van der Waals surface area contributed by atoms with Gasteiger partial charge in [0.1, 0.15) is 18.3 Å². The van der Waals surface area contributed by atoms with Crippen LogP contribution in [0.25, 0.3) is 32.7 Å². The van der Waals surface area contributed by atoms with Crippen LogP contribution < -0.4 is 16.0 Å². The zero-order chi connectivity index (χ0) is 22.2. The quantitative estimate of drug-likeness (QED) is 0.133. The zero-order valence-corrected chi connectivity index (χ0v) is 15.3. The lowest BCUT2D eigenvalue weighted by atomic mass is 10.0. The minimum absolute atomic E-state index is 0.0644. The summed E-state index contributed by atoms with van der Waals surface area (Å²) in [6.07, 6.45) is -6.18. The van der Waals surface area contributed by atoms with Gasteiger partial charge in [-0.2, -0.15) is 0 Å². The van der Waals surface area contributed by atoms with Crippen LogP contribution in [0.5, 0.6) is 23.0 Å². The molecular formula is C19H14O12. The van der Waals surface area contributed by atoms with Crippen molar-refractivity contribution in [2.45, 2.75) is 24.6 Å². The molecule has 3 heterocycles. The minimum atomic E-state index is -1.70. The van der Waals surface area contributed by atoms with Crippen LogP contribution in [0.15, 0.2) is 30.6 Å². The highest BCUT2D eigenvalue weighted by Gasteiger charge is 2.39. The molecule has 1 aliphatic rings. The van der Waals surface area contributed by atoms with E-state index in [9.17, 15) is 40.2 Å². The fraction of sp³-hybridized carbons (Fsp3) is 0.263. The highest BCUT2D eigenvalue weighted by Crippen LogP contribution is 2.45. The Balaban J connectivity index is 1.78. The van der Waals surface area contributed by atoms with Gasteiger partial charge in [-0.15, -0.1) is 0 Å². The second-order valence-corrected chi connectivity index (χ2v) is 7.12. The molecule has 1 aliphatic heterocycles. The predicted octanol–water partition coefficient (Wildman–Crippen LogP) is -0.575. The summed E-state index contributed by atoms with van der Waals surface area (Å²) >= 11 is 0. The van der Waals surface area contributed by atoms with E-state index in [1.807, 2.05) is 0 Å². The lowest BCUT2D eigenvalue weighted by Gasteiger charge is -2.35. The highest BCUT2D eigenvalue weighted by atomic mass is 16.7. The van der Waals surface area contributed by atoms with Gasteiger partial charge in [0, 0.05) is 10.8 Å². The summed E-state index contributed by atoms with van der Waals surface area (Å²) in [6, 6.07) is 1.97. The van der Waals surface area contributed by atoms with Gasteiger partial charge < -0.3 is 48.9 Å². The molecule has 0 saturated carbocycles. The number of aliphatic hydroxyl groups excluding tert-OH is 3. The fourth-order valence-electron chi connectivity index (χ4n) is 3.67. The molecule has 4 aromatic rings. The Labute approximate surface area is 169 Å². The van der Waals surface area contributed by atoms with E-state index < -0.39 is 70.0 Å². The molecule has 2 aromatic carbocycles. The molecule has 0 aliphatic carbocycles. The van der Waals surface area contributed by atoms with E-state index in [0.29, 0.717) is 0 Å². The topological polar surface area (TPSA) is 200 Å². The number of phenolic OH excluding ortho intramolecular Hbond substituents is 3. The fourth-order valence-corrected chi connectivity index (χ4v) is 3.67. The molecular weight excluding hydrogens is 420 g/mol. The van der Waals surface area contributed by atoms with Gasteiger partial charge >= 0.3 is 11.3 Å². The average molecular weight is 434 g/mol. The van der Waals surface area contributed by atoms with Crippen molar-refractivity contribution >= 4 is 32.7 Å². The lowest BCUT2D eigenvalue weighted by Crippen LogP contribution is -2.54. The largest absolute Gasteiger partial charge is 0.504 e. The molecule has 12 heteroatoms. The van der Waals surface area contributed by atoms with E-state index in [-0.39, 0.29) is 28.2 Å². The first kappa shape index (κ1) is 19.4. The first-order valence-corrected chi connectivity index (χ1v) is 8.95. The van der Waals surface area contributed by atoms with Gasteiger partial charge in [-0.25, -0.2) is 9.59 Å². The molecule has 1 saturated heterocycles. The molecule has 0 bridgehead atoms. The lowest BCUT2D eigenvalue weighted by molar-refractivity contribution is -0.242. The molecule has 162 valence electrons. The van der Waals surface area contributed by atoms with Crippen molar-refractivity contribution in [1.29, 1.82) is 0 Å². The summed E-state index contributed by atoms with van der Waals surface area (Å²) in [6.45, 7) is -0.377. The van der Waals surface area contributed by atoms with E-state index in [1.165, 1.54) is 0 Å². The molecule has 1 fully saturated rings. The van der Waals surface area contributed by atoms with E-state index >= 15 is 0 Å². The van der Waals surface area contributed by atoms with Crippen LogP contribution in [0.2, 0.25) is 0 Å². The first-order chi connectivity index (χ1) is 14.7. The van der Waals surface area contributed by atoms with Crippen molar-refractivity contribution < 1.29 is 48.9 Å². The maximum atomic E-state index is 12.5. The molecule has 12 nitrogen and oxygen atoms in total. The van der Waals surface area contributed by atoms with Crippen molar-refractivity contribution in [1.82, 2.24) is 0 Å². The Kier molecular flexibility index (Phi) is 4.04. The van der Waals surface area contributed by atoms with E-state index in [4.69, 9.17) is 18.3 Å². The van der Waals surface area contributed by atoms with Crippen LogP contribution in [0.1, 0.15) is 0 Å². The van der Waals surface area contributed by atoms with E-state index in [0.717, 1.165) is 12.1 Å². The summed E-state index contributed by atoms with van der Waals surface area (Å²) in [7, 11) is 0. The third kappa shape index (κ3) is 2.63. The van der Waals surface area contributed by atoms with Crippen LogP contribution in [0.4, 0.5) is 0 Å². The second-order valence-electron chi connectivity index (χ2n) is 7.12. The zero-order valence-electron chi connectivity index (χ0n) is 15.3. The van der Waals surface area contributed by atoms with Crippen LogP contribution >= 0.6 is 0 Å². The molecule has 2 aromatic heterocycles. The number of hydrogen-bond donors (Lipinski definition) is 6. The van der Waals surface area contributed by atoms with Gasteiger partial charge in [0.05, 0.1) is 17.4 Å². The van der Waals surface area contributed by atoms with Gasteiger partial charge in [0.15, 0.2) is 22.7 Å². The SMILES string of the molecule is O=c1oc2c(O)c(OC3OC[C@@H](O)[C@H](O)[C@H]3O)cc3c(=O)oc4c(O)c(O)cc1c4c23. The number of rotatable bonds is 2. The maximum absolute atomic E-state index is 12.5. The Bertz CT molecular complexity index is 1450. The summed E-state index contributed by atoms with van der Waals surface area (Å²) < 4.78 is 20.7. The number of hydrogen-bond acceptors (Lipinski definition) is 12. The van der Waals surface area contributed by atoms with Crippen LogP contribution in [-0.4, -0.2) is 61.8 Å². The number of aliphatic hydroxyl groups is 3. The van der Waals surface area contributed by atoms with Crippen molar-refractivity contribution in [2.24, 2.45) is 0 Å². The van der Waals surface area contributed by atoms with Gasteiger partial charge in [-0.1, -0.05) is 0 Å². The smallest absolute Gasteiger partial charge is 0.344 e. The normalized spacial score (nSPS) is 24.4. The van der Waals surface area contributed by atoms with Gasteiger partial charge in [0.25, 0.3) is 0 Å². The summed E-state index contributed by atoms with van der Waals surface area (Å²) in [5.74, 6) is -2.66. The van der Waals surface area contributed by atoms with Crippen LogP contribution in [-0.2, 0) is 4.74 Å². The standard InChI is InChI=1S/C19H14O12/c20-6-1-4-9-10-5(18(27)30-15(9)12(6)23)2-8(13(24)16(10)31-17(4)26)29-19-14(25)11(22)7(21)3-28-19/h1-2,7,11,14,19-25H,3H2/t7-,11+,14-,19?/m1/s1. The number of ether oxygens (including phenoxy) is 2. The third-order valence-corrected chi connectivity index (χ3v) is 5.23. The van der Waals surface area contributed by atoms with Crippen molar-refractivity contribution in [3.63, 3.8) is 0 Å². The Morgan fingerprint density at radius 3 is 2.06 bits per heavy atom. The van der Waals surface area contributed by atoms with Crippen LogP contribution in [0, 0.1) is 0 Å². The summed E-state index contributed by atoms with van der Waals surface area (Å²) in [5.41, 5.74) is -2.97. The minimum Gasteiger partial charge on any atom is -0.504 e. The monoisotopic (exact) mass is 434 g/mol. The maximum Gasteiger partial charge on any atom is 0.344 e. The predicted molar refractivity (Wildman–Crippen MR) is 101 cm³/mol. The van der Waals surface area contributed by atoms with Crippen molar-refractivity contribution in [2.75, 3.05) is 6.61 Å². The van der Waals surface area contributed by atoms with Gasteiger partial charge in [-0.3, -0.25) is 0 Å². The molecule has 6 N–H and O–H groups in total. The molecule has 1 unspecified atom stereocenters. The Hall–Kier alpha value is -3.58. The summed E-state index contributed by atoms with van der Waals surface area (Å²) in [5, 5.41) is 59.4. The average Bonchev–Trinajstić information content (AvgIpc) is 2.73. The molecule has 31 heavy (non-hydrogen) atoms. The van der Waals surface area contributed by atoms with E-state index in [1.54, 1.807) is 0 Å². The first-order valence-electron chi connectivity index (χ1n) is 8.95. The molecule has 0 spiro atoms. The van der Waals surface area contributed by atoms with Crippen molar-refractivity contribution in [3.05, 3.63) is 33.0 Å². The van der Waals surface area contributed by atoms with E-state index in [2.05, 4.69) is 0 Å². The number of aromatic hydroxyl groups is 3. The Morgan fingerprint density at radius 2 is 1.42 bits per heavy atom.